The zero-order valence-corrected chi connectivity index (χ0v) is 12.6. The number of nitrogens with two attached hydrogens (primary N) is 1. The lowest BCUT2D eigenvalue weighted by Gasteiger charge is -2.36. The molecule has 0 atom stereocenters. The summed E-state index contributed by atoms with van der Waals surface area (Å²) in [5, 5.41) is 7.60. The third-order valence-electron chi connectivity index (χ3n) is 4.84. The molecule has 0 aromatic heterocycles. The standard InChI is InChI=1S/C15H31N3/c1-5-12-6-8-13(9-7-12)18(4)11-10-15(2,3)14(16)17/h12-13H,5-11H2,1-4H3,(H3,16,17). The van der Waals surface area contributed by atoms with Crippen LogP contribution in [0.3, 0.4) is 0 Å². The van der Waals surface area contributed by atoms with Crippen molar-refractivity contribution in [3.8, 4) is 0 Å². The van der Waals surface area contributed by atoms with Crippen molar-refractivity contribution in [3.63, 3.8) is 0 Å². The molecule has 0 aliphatic heterocycles. The van der Waals surface area contributed by atoms with Gasteiger partial charge in [-0.15, -0.1) is 0 Å². The summed E-state index contributed by atoms with van der Waals surface area (Å²) in [6.45, 7) is 7.49. The van der Waals surface area contributed by atoms with E-state index in [1.807, 2.05) is 0 Å². The second-order valence-electron chi connectivity index (χ2n) is 6.61. The van der Waals surface area contributed by atoms with Crippen molar-refractivity contribution in [1.29, 1.82) is 5.41 Å². The highest BCUT2D eigenvalue weighted by atomic mass is 15.1. The molecule has 1 fully saturated rings. The SMILES string of the molecule is CCC1CCC(N(C)CCC(C)(C)C(=N)N)CC1. The molecule has 0 radical (unpaired) electrons. The van der Waals surface area contributed by atoms with E-state index < -0.39 is 0 Å². The summed E-state index contributed by atoms with van der Waals surface area (Å²) in [5.74, 6) is 1.27. The number of hydrogen-bond donors (Lipinski definition) is 2. The molecule has 1 rings (SSSR count). The molecule has 0 aromatic rings. The first-order valence-corrected chi connectivity index (χ1v) is 7.41. The van der Waals surface area contributed by atoms with Gasteiger partial charge in [0.25, 0.3) is 0 Å². The van der Waals surface area contributed by atoms with E-state index in [0.29, 0.717) is 5.84 Å². The highest BCUT2D eigenvalue weighted by Gasteiger charge is 2.26. The molecule has 3 nitrogen and oxygen atoms in total. The van der Waals surface area contributed by atoms with Gasteiger partial charge in [0, 0.05) is 11.5 Å². The fraction of sp³-hybridized carbons (Fsp3) is 0.933. The van der Waals surface area contributed by atoms with Gasteiger partial charge in [-0.25, -0.2) is 0 Å². The van der Waals surface area contributed by atoms with Gasteiger partial charge in [-0.2, -0.15) is 0 Å². The molecule has 18 heavy (non-hydrogen) atoms. The number of amidine groups is 1. The largest absolute Gasteiger partial charge is 0.387 e. The second-order valence-corrected chi connectivity index (χ2v) is 6.61. The van der Waals surface area contributed by atoms with Crippen LogP contribution in [0.1, 0.15) is 59.3 Å². The van der Waals surface area contributed by atoms with E-state index in [0.717, 1.165) is 24.9 Å². The van der Waals surface area contributed by atoms with E-state index in [9.17, 15) is 0 Å². The number of hydrogen-bond acceptors (Lipinski definition) is 2. The molecule has 1 aliphatic rings. The Labute approximate surface area is 113 Å². The Kier molecular flexibility index (Phi) is 5.64. The van der Waals surface area contributed by atoms with E-state index in [1.54, 1.807) is 0 Å². The van der Waals surface area contributed by atoms with E-state index in [4.69, 9.17) is 11.1 Å². The zero-order chi connectivity index (χ0) is 13.8. The van der Waals surface area contributed by atoms with Crippen molar-refractivity contribution >= 4 is 5.84 Å². The third kappa shape index (κ3) is 4.27. The summed E-state index contributed by atoms with van der Waals surface area (Å²) >= 11 is 0. The first-order chi connectivity index (χ1) is 8.36. The molecule has 0 saturated heterocycles. The molecule has 0 aromatic carbocycles. The van der Waals surface area contributed by atoms with Gasteiger partial charge in [-0.05, 0) is 51.6 Å². The van der Waals surface area contributed by atoms with Crippen LogP contribution in [0.4, 0.5) is 0 Å². The van der Waals surface area contributed by atoms with Crippen LogP contribution in [0.25, 0.3) is 0 Å². The third-order valence-corrected chi connectivity index (χ3v) is 4.84. The van der Waals surface area contributed by atoms with E-state index in [1.165, 1.54) is 32.1 Å². The average Bonchev–Trinajstić information content (AvgIpc) is 2.36. The van der Waals surface area contributed by atoms with Crippen LogP contribution >= 0.6 is 0 Å². The van der Waals surface area contributed by atoms with Crippen molar-refractivity contribution in [2.45, 2.75) is 65.3 Å². The summed E-state index contributed by atoms with van der Waals surface area (Å²) < 4.78 is 0. The maximum atomic E-state index is 7.60. The average molecular weight is 253 g/mol. The van der Waals surface area contributed by atoms with Crippen LogP contribution in [0, 0.1) is 16.7 Å². The summed E-state index contributed by atoms with van der Waals surface area (Å²) in [6, 6.07) is 0.746. The van der Waals surface area contributed by atoms with E-state index in [-0.39, 0.29) is 5.41 Å². The number of nitrogens with zero attached hydrogens (tertiary/aromatic N) is 1. The smallest absolute Gasteiger partial charge is 0.0963 e. The highest BCUT2D eigenvalue weighted by Crippen LogP contribution is 2.29. The summed E-state index contributed by atoms with van der Waals surface area (Å²) in [6.07, 6.45) is 7.79. The van der Waals surface area contributed by atoms with Crippen molar-refractivity contribution in [1.82, 2.24) is 4.90 Å². The molecular formula is C15H31N3. The van der Waals surface area contributed by atoms with Gasteiger partial charge in [0.15, 0.2) is 0 Å². The van der Waals surface area contributed by atoms with Crippen molar-refractivity contribution < 1.29 is 0 Å². The first-order valence-electron chi connectivity index (χ1n) is 7.41. The zero-order valence-electron chi connectivity index (χ0n) is 12.6. The molecule has 0 heterocycles. The van der Waals surface area contributed by atoms with E-state index in [2.05, 4.69) is 32.7 Å². The Hall–Kier alpha value is -0.570. The molecule has 0 spiro atoms. The van der Waals surface area contributed by atoms with Crippen LogP contribution < -0.4 is 5.73 Å². The van der Waals surface area contributed by atoms with Crippen LogP contribution in [-0.2, 0) is 0 Å². The van der Waals surface area contributed by atoms with Gasteiger partial charge in [0.1, 0.15) is 0 Å². The van der Waals surface area contributed by atoms with Crippen LogP contribution in [0.2, 0.25) is 0 Å². The Morgan fingerprint density at radius 3 is 2.28 bits per heavy atom. The Balaban J connectivity index is 2.33. The monoisotopic (exact) mass is 253 g/mol. The normalized spacial score (nSPS) is 25.4. The van der Waals surface area contributed by atoms with Crippen molar-refractivity contribution in [3.05, 3.63) is 0 Å². The Morgan fingerprint density at radius 2 is 1.83 bits per heavy atom. The number of rotatable bonds is 6. The fourth-order valence-electron chi connectivity index (χ4n) is 2.77. The predicted octanol–water partition coefficient (Wildman–Crippen LogP) is 3.24. The lowest BCUT2D eigenvalue weighted by Crippen LogP contribution is -2.39. The van der Waals surface area contributed by atoms with Crippen molar-refractivity contribution in [2.75, 3.05) is 13.6 Å². The summed E-state index contributed by atoms with van der Waals surface area (Å²) in [4.78, 5) is 2.48. The maximum absolute atomic E-state index is 7.60. The Morgan fingerprint density at radius 1 is 1.28 bits per heavy atom. The van der Waals surface area contributed by atoms with Crippen molar-refractivity contribution in [2.24, 2.45) is 17.1 Å². The minimum Gasteiger partial charge on any atom is -0.387 e. The molecule has 0 bridgehead atoms. The van der Waals surface area contributed by atoms with E-state index >= 15 is 0 Å². The van der Waals surface area contributed by atoms with Gasteiger partial charge in [-0.3, -0.25) is 5.41 Å². The topological polar surface area (TPSA) is 53.1 Å². The van der Waals surface area contributed by atoms with Gasteiger partial charge in [0.05, 0.1) is 5.84 Å². The highest BCUT2D eigenvalue weighted by molar-refractivity contribution is 5.82. The quantitative estimate of drug-likeness (QED) is 0.564. The second kappa shape index (κ2) is 6.55. The molecule has 3 N–H and O–H groups in total. The first kappa shape index (κ1) is 15.5. The fourth-order valence-corrected chi connectivity index (χ4v) is 2.77. The lowest BCUT2D eigenvalue weighted by molar-refractivity contribution is 0.153. The maximum Gasteiger partial charge on any atom is 0.0963 e. The van der Waals surface area contributed by atoms with Crippen LogP contribution in [0.5, 0.6) is 0 Å². The summed E-state index contributed by atoms with van der Waals surface area (Å²) in [7, 11) is 2.23. The van der Waals surface area contributed by atoms with Crippen LogP contribution in [-0.4, -0.2) is 30.4 Å². The van der Waals surface area contributed by atoms with Crippen LogP contribution in [0.15, 0.2) is 0 Å². The van der Waals surface area contributed by atoms with Gasteiger partial charge in [0.2, 0.25) is 0 Å². The molecule has 1 saturated carbocycles. The molecule has 0 unspecified atom stereocenters. The molecule has 0 amide bonds. The van der Waals surface area contributed by atoms with Gasteiger partial charge < -0.3 is 10.6 Å². The Bertz CT molecular complexity index is 265. The molecule has 1 aliphatic carbocycles. The van der Waals surface area contributed by atoms with Gasteiger partial charge in [-0.1, -0.05) is 27.2 Å². The van der Waals surface area contributed by atoms with Gasteiger partial charge >= 0.3 is 0 Å². The minimum atomic E-state index is -0.158. The summed E-state index contributed by atoms with van der Waals surface area (Å²) in [5.41, 5.74) is 5.48. The molecule has 3 heteroatoms. The predicted molar refractivity (Wildman–Crippen MR) is 79.0 cm³/mol. The lowest BCUT2D eigenvalue weighted by atomic mass is 9.83. The minimum absolute atomic E-state index is 0.158. The molecule has 106 valence electrons. The number of nitrogens with one attached hydrogen (secondary N) is 1. The molecular weight excluding hydrogens is 222 g/mol.